The number of ether oxygens (including phenoxy) is 2. The molecule has 2 aromatic rings. The molecule has 2 fully saturated rings. The van der Waals surface area contributed by atoms with Gasteiger partial charge in [-0.1, -0.05) is 55.3 Å². The number of esters is 1. The highest BCUT2D eigenvalue weighted by atomic mass is 16.5. The van der Waals surface area contributed by atoms with Crippen molar-refractivity contribution >= 4 is 23.7 Å². The predicted octanol–water partition coefficient (Wildman–Crippen LogP) is 4.53. The number of methoxy groups -OCH3 is 1. The van der Waals surface area contributed by atoms with Crippen LogP contribution in [0.4, 0.5) is 0 Å². The molecule has 3 aliphatic rings. The van der Waals surface area contributed by atoms with E-state index in [0.29, 0.717) is 18.4 Å². The fraction of sp³-hybridized carbons (Fsp3) is 0.484. The van der Waals surface area contributed by atoms with Gasteiger partial charge in [-0.3, -0.25) is 14.4 Å². The zero-order valence-corrected chi connectivity index (χ0v) is 22.5. The Morgan fingerprint density at radius 2 is 1.69 bits per heavy atom. The van der Waals surface area contributed by atoms with Gasteiger partial charge in [-0.2, -0.15) is 0 Å². The number of hydrogen-bond acceptors (Lipinski definition) is 6. The molecule has 0 radical (unpaired) electrons. The molecule has 206 valence electrons. The summed E-state index contributed by atoms with van der Waals surface area (Å²) in [4.78, 5) is 38.0. The van der Waals surface area contributed by atoms with Gasteiger partial charge in [0, 0.05) is 11.6 Å². The minimum absolute atomic E-state index is 0.0444. The van der Waals surface area contributed by atoms with Crippen molar-refractivity contribution < 1.29 is 23.9 Å². The Balaban J connectivity index is 1.26. The molecule has 1 heterocycles. The monoisotopic (exact) mass is 531 g/mol. The fourth-order valence-electron chi connectivity index (χ4n) is 6.11. The number of carbonyl (C=O) groups excluding carboxylic acids is 3. The van der Waals surface area contributed by atoms with Crippen LogP contribution in [-0.2, 0) is 30.4 Å². The molecule has 2 aromatic carbocycles. The summed E-state index contributed by atoms with van der Waals surface area (Å²) < 4.78 is 10.5. The number of amides is 2. The maximum Gasteiger partial charge on any atom is 0.308 e. The second kappa shape index (κ2) is 12.5. The average molecular weight is 532 g/mol. The molecule has 0 saturated heterocycles. The smallest absolute Gasteiger partial charge is 0.308 e. The zero-order valence-electron chi connectivity index (χ0n) is 22.5. The Labute approximate surface area is 229 Å². The number of hydrogen-bond donors (Lipinski definition) is 1. The molecule has 0 spiro atoms. The van der Waals surface area contributed by atoms with Crippen molar-refractivity contribution in [2.75, 3.05) is 13.7 Å². The van der Waals surface area contributed by atoms with Crippen LogP contribution in [-0.4, -0.2) is 48.4 Å². The molecule has 1 atom stereocenters. The minimum Gasteiger partial charge on any atom is -0.469 e. The van der Waals surface area contributed by atoms with Gasteiger partial charge in [-0.05, 0) is 67.7 Å². The molecule has 5 rings (SSSR count). The van der Waals surface area contributed by atoms with E-state index in [1.807, 2.05) is 54.6 Å². The first-order valence-corrected chi connectivity index (χ1v) is 14.1. The molecule has 2 saturated carbocycles. The summed E-state index contributed by atoms with van der Waals surface area (Å²) in [6.45, 7) is 0.291. The van der Waals surface area contributed by atoms with Crippen molar-refractivity contribution in [3.63, 3.8) is 0 Å². The van der Waals surface area contributed by atoms with Gasteiger partial charge < -0.3 is 14.8 Å². The van der Waals surface area contributed by atoms with Crippen molar-refractivity contribution in [1.29, 1.82) is 0 Å². The second-order valence-electron chi connectivity index (χ2n) is 10.9. The summed E-state index contributed by atoms with van der Waals surface area (Å²) in [5.74, 6) is 0.233. The lowest BCUT2D eigenvalue weighted by molar-refractivity contribution is -0.146. The highest BCUT2D eigenvalue weighted by Crippen LogP contribution is 2.38. The third-order valence-corrected chi connectivity index (χ3v) is 8.29. The number of carbonyl (C=O) groups is 3. The van der Waals surface area contributed by atoms with Crippen LogP contribution >= 0.6 is 0 Å². The molecule has 0 aromatic heterocycles. The third kappa shape index (κ3) is 6.49. The number of hydrazone groups is 1. The average Bonchev–Trinajstić information content (AvgIpc) is 3.50. The molecule has 1 unspecified atom stereocenters. The van der Waals surface area contributed by atoms with Crippen LogP contribution in [0.25, 0.3) is 0 Å². The van der Waals surface area contributed by atoms with E-state index in [2.05, 4.69) is 10.4 Å². The second-order valence-corrected chi connectivity index (χ2v) is 10.9. The van der Waals surface area contributed by atoms with Gasteiger partial charge in [0.15, 0.2) is 6.61 Å². The molecule has 8 nitrogen and oxygen atoms in total. The van der Waals surface area contributed by atoms with E-state index in [-0.39, 0.29) is 42.3 Å². The maximum absolute atomic E-state index is 13.6. The molecule has 0 bridgehead atoms. The molecule has 8 heteroatoms. The van der Waals surface area contributed by atoms with E-state index >= 15 is 0 Å². The normalized spacial score (nSPS) is 22.5. The van der Waals surface area contributed by atoms with Crippen LogP contribution < -0.4 is 5.32 Å². The van der Waals surface area contributed by atoms with Crippen molar-refractivity contribution in [3.05, 3.63) is 71.3 Å². The number of nitrogens with zero attached hydrogens (tertiary/aromatic N) is 2. The summed E-state index contributed by atoms with van der Waals surface area (Å²) in [6, 6.07) is 17.7. The molecular formula is C31H37N3O5. The Kier molecular flexibility index (Phi) is 8.59. The molecule has 1 N–H and O–H groups in total. The number of benzene rings is 2. The molecular weight excluding hydrogens is 494 g/mol. The minimum atomic E-state index is -0.201. The SMILES string of the molecule is COC(=O)[C@H]1CC[C@@H](NC(=O)C(c2ccc(CN3N=C(c4ccccc4)OCC3=O)cc2)C2CCCC2)CC1. The van der Waals surface area contributed by atoms with E-state index in [1.54, 1.807) is 0 Å². The Hall–Kier alpha value is -3.68. The van der Waals surface area contributed by atoms with Crippen molar-refractivity contribution in [2.45, 2.75) is 69.9 Å². The van der Waals surface area contributed by atoms with Gasteiger partial charge in [-0.25, -0.2) is 5.01 Å². The Morgan fingerprint density at radius 1 is 1.00 bits per heavy atom. The molecule has 1 aliphatic heterocycles. The maximum atomic E-state index is 13.6. The van der Waals surface area contributed by atoms with Crippen LogP contribution in [0.2, 0.25) is 0 Å². The standard InChI is InChI=1S/C31H37N3O5/c1-38-31(37)25-15-17-26(18-16-25)32-29(36)28(22-7-5-6-8-22)23-13-11-21(12-14-23)19-34-27(35)20-39-30(33-34)24-9-3-2-4-10-24/h2-4,9-14,22,25-26,28H,5-8,15-20H2,1H3,(H,32,36)/t25-,26+,28?. The van der Waals surface area contributed by atoms with E-state index in [9.17, 15) is 14.4 Å². The van der Waals surface area contributed by atoms with Gasteiger partial charge >= 0.3 is 5.97 Å². The van der Waals surface area contributed by atoms with Crippen LogP contribution in [0.15, 0.2) is 59.7 Å². The molecule has 39 heavy (non-hydrogen) atoms. The van der Waals surface area contributed by atoms with Gasteiger partial charge in [0.05, 0.1) is 25.5 Å². The van der Waals surface area contributed by atoms with Crippen molar-refractivity contribution in [2.24, 2.45) is 16.9 Å². The van der Waals surface area contributed by atoms with E-state index < -0.39 is 0 Å². The summed E-state index contributed by atoms with van der Waals surface area (Å²) >= 11 is 0. The van der Waals surface area contributed by atoms with E-state index in [0.717, 1.165) is 68.1 Å². The summed E-state index contributed by atoms with van der Waals surface area (Å²) in [5, 5.41) is 9.20. The highest BCUT2D eigenvalue weighted by Gasteiger charge is 2.34. The quantitative estimate of drug-likeness (QED) is 0.505. The van der Waals surface area contributed by atoms with Gasteiger partial charge in [0.1, 0.15) is 0 Å². The zero-order chi connectivity index (χ0) is 27.2. The Bertz CT molecular complexity index is 1180. The van der Waals surface area contributed by atoms with Crippen LogP contribution in [0, 0.1) is 11.8 Å². The number of rotatable bonds is 8. The first-order valence-electron chi connectivity index (χ1n) is 14.1. The highest BCUT2D eigenvalue weighted by molar-refractivity contribution is 5.97. The lowest BCUT2D eigenvalue weighted by Gasteiger charge is -2.30. The van der Waals surface area contributed by atoms with Crippen LogP contribution in [0.3, 0.4) is 0 Å². The van der Waals surface area contributed by atoms with Crippen LogP contribution in [0.5, 0.6) is 0 Å². The van der Waals surface area contributed by atoms with Gasteiger partial charge in [-0.15, -0.1) is 5.10 Å². The first-order chi connectivity index (χ1) is 19.0. The summed E-state index contributed by atoms with van der Waals surface area (Å²) in [7, 11) is 1.43. The summed E-state index contributed by atoms with van der Waals surface area (Å²) in [5.41, 5.74) is 2.78. The van der Waals surface area contributed by atoms with Crippen LogP contribution in [0.1, 0.15) is 74.0 Å². The first kappa shape index (κ1) is 26.9. The van der Waals surface area contributed by atoms with Crippen molar-refractivity contribution in [3.8, 4) is 0 Å². The predicted molar refractivity (Wildman–Crippen MR) is 147 cm³/mol. The largest absolute Gasteiger partial charge is 0.469 e. The fourth-order valence-corrected chi connectivity index (χ4v) is 6.11. The van der Waals surface area contributed by atoms with E-state index in [4.69, 9.17) is 9.47 Å². The van der Waals surface area contributed by atoms with Gasteiger partial charge in [0.25, 0.3) is 5.91 Å². The Morgan fingerprint density at radius 3 is 2.36 bits per heavy atom. The van der Waals surface area contributed by atoms with Crippen molar-refractivity contribution in [1.82, 2.24) is 10.3 Å². The van der Waals surface area contributed by atoms with E-state index in [1.165, 1.54) is 12.1 Å². The number of nitrogens with one attached hydrogen (secondary N) is 1. The van der Waals surface area contributed by atoms with Gasteiger partial charge in [0.2, 0.25) is 11.8 Å². The molecule has 2 amide bonds. The lowest BCUT2D eigenvalue weighted by Crippen LogP contribution is -2.42. The summed E-state index contributed by atoms with van der Waals surface area (Å²) in [6.07, 6.45) is 7.48. The molecule has 2 aliphatic carbocycles. The third-order valence-electron chi connectivity index (χ3n) is 8.29. The lowest BCUT2D eigenvalue weighted by atomic mass is 9.82. The topological polar surface area (TPSA) is 97.3 Å².